The van der Waals surface area contributed by atoms with Crippen molar-refractivity contribution in [1.29, 1.82) is 0 Å². The summed E-state index contributed by atoms with van der Waals surface area (Å²) in [5, 5.41) is 1.39. The van der Waals surface area contributed by atoms with Crippen LogP contribution in [0.1, 0.15) is 5.56 Å². The van der Waals surface area contributed by atoms with Crippen molar-refractivity contribution in [3.8, 4) is 0 Å². The highest BCUT2D eigenvalue weighted by Crippen LogP contribution is 2.32. The zero-order valence-corrected chi connectivity index (χ0v) is 11.9. The van der Waals surface area contributed by atoms with Gasteiger partial charge in [-0.25, -0.2) is 4.79 Å². The first-order chi connectivity index (χ1) is 10.1. The molecule has 1 fully saturated rings. The molecule has 6 nitrogen and oxygen atoms in total. The summed E-state index contributed by atoms with van der Waals surface area (Å²) in [6.07, 6.45) is 5.32. The van der Waals surface area contributed by atoms with Gasteiger partial charge in [-0.05, 0) is 17.2 Å². The molecule has 2 amide bonds. The van der Waals surface area contributed by atoms with Crippen molar-refractivity contribution in [3.05, 3.63) is 53.0 Å². The topological polar surface area (TPSA) is 54.8 Å². The summed E-state index contributed by atoms with van der Waals surface area (Å²) in [7, 11) is 1.71. The van der Waals surface area contributed by atoms with Gasteiger partial charge in [0.05, 0.1) is 13.2 Å². The van der Waals surface area contributed by atoms with Crippen LogP contribution in [0.4, 0.5) is 4.79 Å². The van der Waals surface area contributed by atoms with Crippen LogP contribution in [-0.2, 0) is 11.9 Å². The number of hydrogen-bond donors (Lipinski definition) is 0. The molecule has 6 heteroatoms. The smallest absolute Gasteiger partial charge is 0.319 e. The van der Waals surface area contributed by atoms with Gasteiger partial charge in [0, 0.05) is 25.9 Å². The van der Waals surface area contributed by atoms with Gasteiger partial charge in [-0.1, -0.05) is 12.2 Å². The fourth-order valence-electron chi connectivity index (χ4n) is 2.67. The Hall–Kier alpha value is -2.34. The lowest BCUT2D eigenvalue weighted by molar-refractivity contribution is -0.105. The van der Waals surface area contributed by atoms with Crippen molar-refractivity contribution in [2.24, 2.45) is 7.05 Å². The van der Waals surface area contributed by atoms with E-state index < -0.39 is 0 Å². The normalized spacial score (nSPS) is 20.7. The standard InChI is InChI=1S/C15H17N3O3/c1-3-8-21-18-13-10-17(15(18)20)7-5-12(13)11-4-6-16(2)14(19)9-11/h3-6,9,13H,1,7-8,10H2,2H3. The van der Waals surface area contributed by atoms with E-state index in [9.17, 15) is 9.59 Å². The second-order valence-corrected chi connectivity index (χ2v) is 5.14. The molecule has 21 heavy (non-hydrogen) atoms. The quantitative estimate of drug-likeness (QED) is 0.777. The molecule has 0 aromatic carbocycles. The van der Waals surface area contributed by atoms with Crippen LogP contribution < -0.4 is 5.56 Å². The van der Waals surface area contributed by atoms with E-state index in [1.165, 1.54) is 9.63 Å². The monoisotopic (exact) mass is 287 g/mol. The average molecular weight is 287 g/mol. The van der Waals surface area contributed by atoms with E-state index in [4.69, 9.17) is 4.84 Å². The van der Waals surface area contributed by atoms with E-state index in [1.54, 1.807) is 30.3 Å². The molecule has 0 N–H and O–H groups in total. The molecule has 2 aliphatic rings. The Morgan fingerprint density at radius 3 is 3.00 bits per heavy atom. The Labute approximate surface area is 122 Å². The largest absolute Gasteiger partial charge is 0.344 e. The van der Waals surface area contributed by atoms with Gasteiger partial charge >= 0.3 is 6.03 Å². The zero-order chi connectivity index (χ0) is 15.0. The van der Waals surface area contributed by atoms with Crippen molar-refractivity contribution in [3.63, 3.8) is 0 Å². The molecule has 0 aliphatic carbocycles. The van der Waals surface area contributed by atoms with Crippen LogP contribution in [-0.4, -0.2) is 46.3 Å². The number of pyridine rings is 1. The Kier molecular flexibility index (Phi) is 3.39. The Balaban J connectivity index is 1.94. The molecule has 1 saturated heterocycles. The van der Waals surface area contributed by atoms with E-state index in [1.807, 2.05) is 12.1 Å². The molecular formula is C15H17N3O3. The van der Waals surface area contributed by atoms with E-state index in [-0.39, 0.29) is 24.2 Å². The van der Waals surface area contributed by atoms with Crippen LogP contribution in [0.3, 0.4) is 0 Å². The molecule has 1 unspecified atom stereocenters. The van der Waals surface area contributed by atoms with Crippen molar-refractivity contribution < 1.29 is 9.63 Å². The Morgan fingerprint density at radius 2 is 2.29 bits per heavy atom. The number of urea groups is 1. The molecule has 0 radical (unpaired) electrons. The van der Waals surface area contributed by atoms with Gasteiger partial charge in [-0.2, -0.15) is 5.06 Å². The summed E-state index contributed by atoms with van der Waals surface area (Å²) < 4.78 is 1.52. The maximum atomic E-state index is 12.2. The van der Waals surface area contributed by atoms with Crippen LogP contribution in [0.25, 0.3) is 5.57 Å². The lowest BCUT2D eigenvalue weighted by Crippen LogP contribution is -2.34. The summed E-state index contributed by atoms with van der Waals surface area (Å²) in [5.41, 5.74) is 1.72. The van der Waals surface area contributed by atoms with E-state index in [0.29, 0.717) is 13.1 Å². The van der Waals surface area contributed by atoms with Gasteiger partial charge in [0.15, 0.2) is 0 Å². The zero-order valence-electron chi connectivity index (χ0n) is 11.9. The highest BCUT2D eigenvalue weighted by atomic mass is 16.7. The molecule has 1 aromatic heterocycles. The van der Waals surface area contributed by atoms with Gasteiger partial charge in [-0.3, -0.25) is 9.63 Å². The van der Waals surface area contributed by atoms with Crippen LogP contribution in [0, 0.1) is 0 Å². The lowest BCUT2D eigenvalue weighted by Gasteiger charge is -2.24. The molecular weight excluding hydrogens is 270 g/mol. The fraction of sp³-hybridized carbons (Fsp3) is 0.333. The molecule has 1 atom stereocenters. The molecule has 0 spiro atoms. The van der Waals surface area contributed by atoms with Crippen molar-refractivity contribution in [2.75, 3.05) is 19.7 Å². The molecule has 2 aliphatic heterocycles. The lowest BCUT2D eigenvalue weighted by atomic mass is 9.97. The van der Waals surface area contributed by atoms with E-state index in [0.717, 1.165) is 11.1 Å². The highest BCUT2D eigenvalue weighted by Gasteiger charge is 2.42. The van der Waals surface area contributed by atoms with E-state index >= 15 is 0 Å². The number of aryl methyl sites for hydroxylation is 1. The summed E-state index contributed by atoms with van der Waals surface area (Å²) in [5.74, 6) is 0. The summed E-state index contributed by atoms with van der Waals surface area (Å²) in [6, 6.07) is 3.16. The first-order valence-electron chi connectivity index (χ1n) is 6.81. The Morgan fingerprint density at radius 1 is 1.48 bits per heavy atom. The van der Waals surface area contributed by atoms with Crippen LogP contribution in [0.5, 0.6) is 0 Å². The molecule has 1 aromatic rings. The number of hydroxylamine groups is 2. The minimum atomic E-state index is -0.182. The number of carbonyl (C=O) groups excluding carboxylic acids is 1. The third-order valence-electron chi connectivity index (χ3n) is 3.80. The first-order valence-corrected chi connectivity index (χ1v) is 6.81. The number of aromatic nitrogens is 1. The van der Waals surface area contributed by atoms with Gasteiger partial charge in [-0.15, -0.1) is 6.58 Å². The summed E-state index contributed by atoms with van der Waals surface area (Å²) >= 11 is 0. The number of nitrogens with zero attached hydrogens (tertiary/aromatic N) is 3. The van der Waals surface area contributed by atoms with Gasteiger partial charge in [0.25, 0.3) is 5.56 Å². The summed E-state index contributed by atoms with van der Waals surface area (Å²) in [6.45, 7) is 4.99. The third kappa shape index (κ3) is 2.27. The second-order valence-electron chi connectivity index (χ2n) is 5.14. The number of carbonyl (C=O) groups is 1. The van der Waals surface area contributed by atoms with Crippen LogP contribution >= 0.6 is 0 Å². The molecule has 3 rings (SSSR count). The Bertz CT molecular complexity index is 677. The SMILES string of the molecule is C=CCON1C(=O)N2CC=C(c3ccn(C)c(=O)c3)C1C2. The predicted molar refractivity (Wildman–Crippen MR) is 78.4 cm³/mol. The van der Waals surface area contributed by atoms with Crippen LogP contribution in [0.15, 0.2) is 41.9 Å². The minimum Gasteiger partial charge on any atom is -0.319 e. The van der Waals surface area contributed by atoms with Crippen molar-refractivity contribution in [2.45, 2.75) is 6.04 Å². The van der Waals surface area contributed by atoms with E-state index in [2.05, 4.69) is 6.58 Å². The number of hydrogen-bond acceptors (Lipinski definition) is 3. The maximum Gasteiger partial charge on any atom is 0.344 e. The molecule has 2 bridgehead atoms. The number of rotatable bonds is 4. The average Bonchev–Trinajstić information content (AvgIpc) is 2.72. The van der Waals surface area contributed by atoms with Crippen molar-refractivity contribution in [1.82, 2.24) is 14.5 Å². The summed E-state index contributed by atoms with van der Waals surface area (Å²) in [4.78, 5) is 31.2. The van der Waals surface area contributed by atoms with Crippen molar-refractivity contribution >= 4 is 11.6 Å². The van der Waals surface area contributed by atoms with Crippen LogP contribution in [0.2, 0.25) is 0 Å². The predicted octanol–water partition coefficient (Wildman–Crippen LogP) is 1.01. The second kappa shape index (κ2) is 5.21. The van der Waals surface area contributed by atoms with Gasteiger partial charge in [0.1, 0.15) is 6.04 Å². The van der Waals surface area contributed by atoms with Gasteiger partial charge < -0.3 is 9.47 Å². The third-order valence-corrected chi connectivity index (χ3v) is 3.80. The molecule has 110 valence electrons. The first kappa shape index (κ1) is 13.6. The number of amides is 2. The fourth-order valence-corrected chi connectivity index (χ4v) is 2.67. The highest BCUT2D eigenvalue weighted by molar-refractivity contribution is 5.84. The number of fused-ring (bicyclic) bond motifs is 2. The van der Waals surface area contributed by atoms with Gasteiger partial charge in [0.2, 0.25) is 0 Å². The molecule has 0 saturated carbocycles. The molecule has 3 heterocycles. The minimum absolute atomic E-state index is 0.0706. The maximum absolute atomic E-state index is 12.2.